The fraction of sp³-hybridized carbons (Fsp3) is 0.0400. The number of rotatable bonds is 2. The first-order chi connectivity index (χ1) is 13.2. The average molecular weight is 382 g/mol. The second kappa shape index (κ2) is 8.06. The minimum atomic E-state index is 0.974. The lowest BCUT2D eigenvalue weighted by Gasteiger charge is -2.05. The van der Waals surface area contributed by atoms with Crippen LogP contribution in [-0.4, -0.2) is 0 Å². The molecule has 0 nitrogen and oxygen atoms in total. The van der Waals surface area contributed by atoms with Crippen LogP contribution in [0, 0.1) is 11.8 Å². The summed E-state index contributed by atoms with van der Waals surface area (Å²) in [5, 5.41) is 3.65. The van der Waals surface area contributed by atoms with Gasteiger partial charge >= 0.3 is 0 Å². The molecule has 4 aromatic rings. The van der Waals surface area contributed by atoms with Gasteiger partial charge in [-0.15, -0.1) is 18.5 Å². The van der Waals surface area contributed by atoms with Gasteiger partial charge in [-0.3, -0.25) is 0 Å². The lowest BCUT2D eigenvalue weighted by atomic mass is 10.00. The zero-order chi connectivity index (χ0) is 18.6. The molecule has 2 atom stereocenters. The van der Waals surface area contributed by atoms with Crippen molar-refractivity contribution < 1.29 is 0 Å². The highest BCUT2D eigenvalue weighted by Crippen LogP contribution is 2.25. The molecular weight excluding hydrogens is 362 g/mol. The standard InChI is InChI=1S/C25H20P2/c26-17-20-5-2-18(3-6-20)1-4-19-7-8-24-16-23(10-9-22(24)15-19)21-11-13-25(27)14-12-21/h2-3,5-16H,17,26-27H2. The first-order valence-corrected chi connectivity index (χ1v) is 10.3. The summed E-state index contributed by atoms with van der Waals surface area (Å²) in [7, 11) is 5.47. The molecule has 4 aromatic carbocycles. The summed E-state index contributed by atoms with van der Waals surface area (Å²) >= 11 is 0. The average Bonchev–Trinajstić information content (AvgIpc) is 2.72. The molecule has 0 aliphatic heterocycles. The Bertz CT molecular complexity index is 1150. The summed E-state index contributed by atoms with van der Waals surface area (Å²) in [6, 6.07) is 30.0. The second-order valence-electron chi connectivity index (χ2n) is 6.55. The number of hydrogen-bond acceptors (Lipinski definition) is 0. The molecule has 0 aromatic heterocycles. The zero-order valence-electron chi connectivity index (χ0n) is 14.9. The van der Waals surface area contributed by atoms with Crippen LogP contribution in [0.3, 0.4) is 0 Å². The van der Waals surface area contributed by atoms with E-state index in [0.29, 0.717) is 0 Å². The highest BCUT2D eigenvalue weighted by atomic mass is 31.0. The third-order valence-electron chi connectivity index (χ3n) is 4.63. The van der Waals surface area contributed by atoms with Crippen LogP contribution in [0.5, 0.6) is 0 Å². The predicted molar refractivity (Wildman–Crippen MR) is 125 cm³/mol. The van der Waals surface area contributed by atoms with Crippen molar-refractivity contribution in [1.82, 2.24) is 0 Å². The number of benzene rings is 4. The van der Waals surface area contributed by atoms with Gasteiger partial charge in [-0.1, -0.05) is 66.4 Å². The van der Waals surface area contributed by atoms with Crippen molar-refractivity contribution in [3.8, 4) is 23.0 Å². The molecule has 0 saturated carbocycles. The molecule has 0 aliphatic rings. The van der Waals surface area contributed by atoms with Crippen LogP contribution in [-0.2, 0) is 6.16 Å². The van der Waals surface area contributed by atoms with Crippen LogP contribution in [0.25, 0.3) is 21.9 Å². The van der Waals surface area contributed by atoms with Gasteiger partial charge in [0.25, 0.3) is 0 Å². The highest BCUT2D eigenvalue weighted by Gasteiger charge is 2.01. The largest absolute Gasteiger partial charge is 0.133 e. The van der Waals surface area contributed by atoms with Crippen molar-refractivity contribution in [3.63, 3.8) is 0 Å². The third-order valence-corrected chi connectivity index (χ3v) is 5.48. The maximum Gasteiger partial charge on any atom is 0.0255 e. The highest BCUT2D eigenvalue weighted by molar-refractivity contribution is 7.27. The molecule has 0 N–H and O–H groups in total. The van der Waals surface area contributed by atoms with Crippen molar-refractivity contribution in [3.05, 3.63) is 102 Å². The van der Waals surface area contributed by atoms with Crippen LogP contribution in [0.4, 0.5) is 0 Å². The molecule has 0 saturated heterocycles. The molecule has 0 fully saturated rings. The maximum atomic E-state index is 3.29. The molecule has 0 amide bonds. The van der Waals surface area contributed by atoms with Gasteiger partial charge in [0.15, 0.2) is 0 Å². The Hall–Kier alpha value is -2.44. The quantitative estimate of drug-likeness (QED) is 0.304. The molecule has 4 rings (SSSR count). The van der Waals surface area contributed by atoms with Gasteiger partial charge in [0.2, 0.25) is 0 Å². The molecular formula is C25H20P2. The lowest BCUT2D eigenvalue weighted by molar-refractivity contribution is 1.41. The van der Waals surface area contributed by atoms with Crippen molar-refractivity contribution in [2.75, 3.05) is 0 Å². The van der Waals surface area contributed by atoms with E-state index in [1.165, 1.54) is 32.8 Å². The first-order valence-electron chi connectivity index (χ1n) is 8.92. The van der Waals surface area contributed by atoms with E-state index < -0.39 is 0 Å². The summed E-state index contributed by atoms with van der Waals surface area (Å²) in [6.45, 7) is 0. The van der Waals surface area contributed by atoms with E-state index >= 15 is 0 Å². The Balaban J connectivity index is 1.62. The smallest absolute Gasteiger partial charge is 0.0255 e. The Kier molecular flexibility index (Phi) is 5.36. The van der Waals surface area contributed by atoms with Crippen molar-refractivity contribution in [2.45, 2.75) is 6.16 Å². The summed E-state index contributed by atoms with van der Waals surface area (Å²) in [6.07, 6.45) is 0.974. The normalized spacial score (nSPS) is 10.4. The number of hydrogen-bond donors (Lipinski definition) is 0. The van der Waals surface area contributed by atoms with E-state index in [4.69, 9.17) is 0 Å². The summed E-state index contributed by atoms with van der Waals surface area (Å²) in [5.74, 6) is 6.55. The van der Waals surface area contributed by atoms with Crippen LogP contribution in [0.2, 0.25) is 0 Å². The molecule has 0 bridgehead atoms. The molecule has 0 radical (unpaired) electrons. The number of fused-ring (bicyclic) bond motifs is 1. The molecule has 0 heterocycles. The van der Waals surface area contributed by atoms with E-state index in [-0.39, 0.29) is 0 Å². The van der Waals surface area contributed by atoms with Gasteiger partial charge in [0, 0.05) is 11.1 Å². The van der Waals surface area contributed by atoms with Crippen LogP contribution < -0.4 is 5.30 Å². The van der Waals surface area contributed by atoms with E-state index in [0.717, 1.165) is 17.3 Å². The summed E-state index contributed by atoms with van der Waals surface area (Å²) < 4.78 is 0. The predicted octanol–water partition coefficient (Wildman–Crippen LogP) is 5.78. The zero-order valence-corrected chi connectivity index (χ0v) is 17.3. The molecule has 2 unspecified atom stereocenters. The SMILES string of the molecule is PCc1ccc(C#Cc2ccc3cc(-c4ccc(P)cc4)ccc3c2)cc1. The van der Waals surface area contributed by atoms with Crippen molar-refractivity contribution >= 4 is 34.6 Å². The maximum absolute atomic E-state index is 3.29. The molecule has 0 spiro atoms. The molecule has 130 valence electrons. The second-order valence-corrected chi connectivity index (χ2v) is 7.62. The fourth-order valence-electron chi connectivity index (χ4n) is 3.05. The minimum Gasteiger partial charge on any atom is -0.133 e. The van der Waals surface area contributed by atoms with Gasteiger partial charge in [0.05, 0.1) is 0 Å². The Morgan fingerprint density at radius 1 is 0.593 bits per heavy atom. The lowest BCUT2D eigenvalue weighted by Crippen LogP contribution is -1.88. The van der Waals surface area contributed by atoms with E-state index in [9.17, 15) is 0 Å². The minimum absolute atomic E-state index is 0.974. The monoisotopic (exact) mass is 382 g/mol. The molecule has 27 heavy (non-hydrogen) atoms. The van der Waals surface area contributed by atoms with E-state index in [1.807, 2.05) is 0 Å². The Labute approximate surface area is 165 Å². The summed E-state index contributed by atoms with van der Waals surface area (Å²) in [5.41, 5.74) is 5.86. The van der Waals surface area contributed by atoms with Crippen molar-refractivity contribution in [2.24, 2.45) is 0 Å². The van der Waals surface area contributed by atoms with Crippen molar-refractivity contribution in [1.29, 1.82) is 0 Å². The van der Waals surface area contributed by atoms with Crippen LogP contribution in [0.15, 0.2) is 84.9 Å². The Morgan fingerprint density at radius 2 is 1.19 bits per heavy atom. The van der Waals surface area contributed by atoms with E-state index in [2.05, 4.69) is 115 Å². The van der Waals surface area contributed by atoms with Crippen LogP contribution >= 0.6 is 18.5 Å². The van der Waals surface area contributed by atoms with Crippen LogP contribution in [0.1, 0.15) is 16.7 Å². The van der Waals surface area contributed by atoms with Gasteiger partial charge in [-0.25, -0.2) is 0 Å². The van der Waals surface area contributed by atoms with Gasteiger partial charge in [0.1, 0.15) is 0 Å². The molecule has 0 aliphatic carbocycles. The fourth-order valence-corrected chi connectivity index (χ4v) is 3.51. The van der Waals surface area contributed by atoms with Gasteiger partial charge in [-0.2, -0.15) is 0 Å². The van der Waals surface area contributed by atoms with E-state index in [1.54, 1.807) is 0 Å². The first kappa shape index (κ1) is 17.9. The third kappa shape index (κ3) is 4.28. The summed E-state index contributed by atoms with van der Waals surface area (Å²) in [4.78, 5) is 0. The Morgan fingerprint density at radius 3 is 1.93 bits per heavy atom. The van der Waals surface area contributed by atoms with Gasteiger partial charge < -0.3 is 0 Å². The van der Waals surface area contributed by atoms with Gasteiger partial charge in [-0.05, 0) is 69.3 Å². The molecule has 2 heteroatoms. The topological polar surface area (TPSA) is 0 Å².